The molecule has 1 saturated heterocycles. The number of morpholine rings is 1. The van der Waals surface area contributed by atoms with Crippen LogP contribution in [0.2, 0.25) is 0 Å². The van der Waals surface area contributed by atoms with Gasteiger partial charge in [-0.25, -0.2) is 4.79 Å². The van der Waals surface area contributed by atoms with Crippen LogP contribution in [-0.2, 0) is 11.3 Å². The molecule has 26 heavy (non-hydrogen) atoms. The molecule has 0 saturated carbocycles. The Bertz CT molecular complexity index is 814. The number of carbonyl (C=O) groups excluding carboxylic acids is 1. The first-order valence-corrected chi connectivity index (χ1v) is 9.60. The van der Waals surface area contributed by atoms with Crippen molar-refractivity contribution in [1.82, 2.24) is 9.80 Å². The lowest BCUT2D eigenvalue weighted by Crippen LogP contribution is -2.48. The van der Waals surface area contributed by atoms with Crippen LogP contribution in [0.1, 0.15) is 10.4 Å². The molecule has 7 heteroatoms. The molecule has 1 aromatic carbocycles. The number of fused-ring (bicyclic) bond motifs is 1. The van der Waals surface area contributed by atoms with Crippen LogP contribution in [-0.4, -0.2) is 60.4 Å². The minimum Gasteiger partial charge on any atom is -0.504 e. The highest BCUT2D eigenvalue weighted by atomic mass is 32.1. The monoisotopic (exact) mass is 374 g/mol. The molecule has 1 N–H and O–H groups in total. The first-order valence-electron chi connectivity index (χ1n) is 8.79. The Morgan fingerprint density at radius 2 is 1.88 bits per heavy atom. The summed E-state index contributed by atoms with van der Waals surface area (Å²) in [7, 11) is 0. The molecular weight excluding hydrogens is 352 g/mol. The molecule has 2 aliphatic rings. The maximum absolute atomic E-state index is 12.8. The van der Waals surface area contributed by atoms with Gasteiger partial charge in [-0.3, -0.25) is 0 Å². The Labute approximate surface area is 156 Å². The summed E-state index contributed by atoms with van der Waals surface area (Å²) < 4.78 is 11.1. The topological polar surface area (TPSA) is 62.2 Å². The summed E-state index contributed by atoms with van der Waals surface area (Å²) in [4.78, 5) is 18.8. The number of thiophene rings is 1. The van der Waals surface area contributed by atoms with Crippen molar-refractivity contribution in [3.8, 4) is 21.9 Å². The first kappa shape index (κ1) is 17.2. The number of rotatable bonds is 1. The number of aromatic hydroxyl groups is 1. The number of urea groups is 1. The molecule has 0 atom stereocenters. The average molecular weight is 374 g/mol. The summed E-state index contributed by atoms with van der Waals surface area (Å²) in [6.45, 7) is 5.74. The zero-order valence-corrected chi connectivity index (χ0v) is 15.6. The SMILES string of the molecule is Cc1ccc(-c2cc(O)c3c(c2)CN(C(=O)N2CCOCC2)CCO3)s1. The fourth-order valence-electron chi connectivity index (χ4n) is 3.35. The van der Waals surface area contributed by atoms with Crippen molar-refractivity contribution >= 4 is 17.4 Å². The highest BCUT2D eigenvalue weighted by Crippen LogP contribution is 2.39. The summed E-state index contributed by atoms with van der Waals surface area (Å²) in [6.07, 6.45) is 0. The van der Waals surface area contributed by atoms with Gasteiger partial charge >= 0.3 is 6.03 Å². The van der Waals surface area contributed by atoms with Crippen LogP contribution in [0.15, 0.2) is 24.3 Å². The van der Waals surface area contributed by atoms with Crippen molar-refractivity contribution in [2.24, 2.45) is 0 Å². The van der Waals surface area contributed by atoms with E-state index < -0.39 is 0 Å². The molecule has 138 valence electrons. The van der Waals surface area contributed by atoms with Gasteiger partial charge in [0, 0.05) is 28.4 Å². The van der Waals surface area contributed by atoms with E-state index in [4.69, 9.17) is 9.47 Å². The summed E-state index contributed by atoms with van der Waals surface area (Å²) in [6, 6.07) is 7.87. The second-order valence-electron chi connectivity index (χ2n) is 6.55. The quantitative estimate of drug-likeness (QED) is 0.833. The third-order valence-corrected chi connectivity index (χ3v) is 5.74. The minimum atomic E-state index is 0.00149. The molecule has 3 heterocycles. The van der Waals surface area contributed by atoms with Crippen LogP contribution < -0.4 is 4.74 Å². The third-order valence-electron chi connectivity index (χ3n) is 4.69. The van der Waals surface area contributed by atoms with Crippen molar-refractivity contribution < 1.29 is 19.4 Å². The molecule has 1 aromatic heterocycles. The van der Waals surface area contributed by atoms with E-state index in [2.05, 4.69) is 19.1 Å². The number of nitrogens with zero attached hydrogens (tertiary/aromatic N) is 2. The van der Waals surface area contributed by atoms with Crippen LogP contribution in [0.5, 0.6) is 11.5 Å². The minimum absolute atomic E-state index is 0.00149. The number of hydrogen-bond acceptors (Lipinski definition) is 5. The van der Waals surface area contributed by atoms with Gasteiger partial charge in [-0.05, 0) is 36.8 Å². The third kappa shape index (κ3) is 3.37. The van der Waals surface area contributed by atoms with Crippen molar-refractivity contribution in [3.05, 3.63) is 34.7 Å². The largest absolute Gasteiger partial charge is 0.504 e. The predicted octanol–water partition coefficient (Wildman–Crippen LogP) is 3.08. The van der Waals surface area contributed by atoms with Crippen molar-refractivity contribution in [3.63, 3.8) is 0 Å². The molecular formula is C19H22N2O4S. The Balaban J connectivity index is 1.62. The number of aryl methyl sites for hydroxylation is 1. The summed E-state index contributed by atoms with van der Waals surface area (Å²) in [5.74, 6) is 0.614. The van der Waals surface area contributed by atoms with E-state index in [1.54, 1.807) is 22.3 Å². The highest BCUT2D eigenvalue weighted by molar-refractivity contribution is 7.15. The number of ether oxygens (including phenoxy) is 2. The van der Waals surface area contributed by atoms with Gasteiger partial charge in [0.15, 0.2) is 11.5 Å². The first-order chi connectivity index (χ1) is 12.6. The summed E-state index contributed by atoms with van der Waals surface area (Å²) in [5, 5.41) is 10.5. The van der Waals surface area contributed by atoms with Gasteiger partial charge < -0.3 is 24.4 Å². The molecule has 0 aliphatic carbocycles. The Kier molecular flexibility index (Phi) is 4.74. The van der Waals surface area contributed by atoms with Gasteiger partial charge in [-0.2, -0.15) is 0 Å². The van der Waals surface area contributed by atoms with Crippen LogP contribution in [0.4, 0.5) is 4.79 Å². The molecule has 0 unspecified atom stereocenters. The van der Waals surface area contributed by atoms with E-state index in [0.717, 1.165) is 16.0 Å². The van der Waals surface area contributed by atoms with E-state index in [0.29, 0.717) is 51.7 Å². The van der Waals surface area contributed by atoms with E-state index in [1.807, 2.05) is 11.0 Å². The maximum Gasteiger partial charge on any atom is 0.320 e. The molecule has 2 aromatic rings. The van der Waals surface area contributed by atoms with Crippen LogP contribution in [0.25, 0.3) is 10.4 Å². The Morgan fingerprint density at radius 1 is 1.12 bits per heavy atom. The zero-order valence-electron chi connectivity index (χ0n) is 14.7. The number of benzene rings is 1. The molecule has 0 radical (unpaired) electrons. The van der Waals surface area contributed by atoms with Gasteiger partial charge in [0.1, 0.15) is 6.61 Å². The van der Waals surface area contributed by atoms with Crippen molar-refractivity contribution in [2.75, 3.05) is 39.5 Å². The molecule has 0 spiro atoms. The van der Waals surface area contributed by atoms with Gasteiger partial charge in [-0.1, -0.05) is 0 Å². The lowest BCUT2D eigenvalue weighted by Gasteiger charge is -2.32. The standard InChI is InChI=1S/C19H22N2O4S/c1-13-2-3-17(26-13)14-10-15-12-21(6-9-25-18(15)16(22)11-14)19(23)20-4-7-24-8-5-20/h2-3,10-11,22H,4-9,12H2,1H3. The Morgan fingerprint density at radius 3 is 2.62 bits per heavy atom. The summed E-state index contributed by atoms with van der Waals surface area (Å²) >= 11 is 1.68. The fourth-order valence-corrected chi connectivity index (χ4v) is 4.20. The van der Waals surface area contributed by atoms with Gasteiger partial charge in [0.05, 0.1) is 26.3 Å². The second-order valence-corrected chi connectivity index (χ2v) is 7.83. The van der Waals surface area contributed by atoms with E-state index in [9.17, 15) is 9.90 Å². The van der Waals surface area contributed by atoms with Crippen molar-refractivity contribution in [2.45, 2.75) is 13.5 Å². The Hall–Kier alpha value is -2.25. The van der Waals surface area contributed by atoms with E-state index in [-0.39, 0.29) is 11.8 Å². The van der Waals surface area contributed by atoms with E-state index >= 15 is 0 Å². The lowest BCUT2D eigenvalue weighted by molar-refractivity contribution is 0.0422. The van der Waals surface area contributed by atoms with Gasteiger partial charge in [-0.15, -0.1) is 11.3 Å². The number of carbonyl (C=O) groups is 1. The average Bonchev–Trinajstić information content (AvgIpc) is 2.97. The second kappa shape index (κ2) is 7.17. The van der Waals surface area contributed by atoms with Crippen molar-refractivity contribution in [1.29, 1.82) is 0 Å². The molecule has 0 bridgehead atoms. The van der Waals surface area contributed by atoms with Gasteiger partial charge in [0.2, 0.25) is 0 Å². The molecule has 6 nitrogen and oxygen atoms in total. The fraction of sp³-hybridized carbons (Fsp3) is 0.421. The highest BCUT2D eigenvalue weighted by Gasteiger charge is 2.27. The number of phenolic OH excluding ortho intramolecular Hbond substituents is 1. The smallest absolute Gasteiger partial charge is 0.320 e. The molecule has 2 amide bonds. The predicted molar refractivity (Wildman–Crippen MR) is 99.8 cm³/mol. The number of amides is 2. The van der Waals surface area contributed by atoms with Crippen LogP contribution >= 0.6 is 11.3 Å². The molecule has 1 fully saturated rings. The van der Waals surface area contributed by atoms with Crippen LogP contribution in [0, 0.1) is 6.92 Å². The normalized spacial score (nSPS) is 17.4. The molecule has 4 rings (SSSR count). The lowest BCUT2D eigenvalue weighted by atomic mass is 10.1. The maximum atomic E-state index is 12.8. The van der Waals surface area contributed by atoms with Crippen LogP contribution in [0.3, 0.4) is 0 Å². The van der Waals surface area contributed by atoms with E-state index in [1.165, 1.54) is 4.88 Å². The zero-order chi connectivity index (χ0) is 18.1. The number of hydrogen-bond donors (Lipinski definition) is 1. The molecule has 2 aliphatic heterocycles. The van der Waals surface area contributed by atoms with Gasteiger partial charge in [0.25, 0.3) is 0 Å². The number of phenols is 1. The summed E-state index contributed by atoms with van der Waals surface area (Å²) in [5.41, 5.74) is 1.79.